The summed E-state index contributed by atoms with van der Waals surface area (Å²) in [5.41, 5.74) is 0.753. The number of carbonyl (C=O) groups is 1. The topological polar surface area (TPSA) is 38.3 Å². The van der Waals surface area contributed by atoms with Crippen molar-refractivity contribution in [1.82, 2.24) is 0 Å². The van der Waals surface area contributed by atoms with E-state index in [2.05, 4.69) is 5.32 Å². The van der Waals surface area contributed by atoms with Gasteiger partial charge in [0, 0.05) is 10.6 Å². The summed E-state index contributed by atoms with van der Waals surface area (Å²) in [6.45, 7) is 0. The molecule has 0 radical (unpaired) electrons. The molecule has 0 saturated heterocycles. The quantitative estimate of drug-likeness (QED) is 0.930. The standard InChI is InChI=1S/C13H12ClNO2S/c1-17-10-4-2-9(3-5-10)15-13(16)8-11-6-7-12(14)18-11/h2-7H,8H2,1H3,(H,15,16). The highest BCUT2D eigenvalue weighted by Crippen LogP contribution is 2.22. The van der Waals surface area contributed by atoms with Gasteiger partial charge >= 0.3 is 0 Å². The molecule has 0 unspecified atom stereocenters. The van der Waals surface area contributed by atoms with Crippen LogP contribution in [0, 0.1) is 0 Å². The highest BCUT2D eigenvalue weighted by molar-refractivity contribution is 7.16. The van der Waals surface area contributed by atoms with Crippen molar-refractivity contribution >= 4 is 34.5 Å². The predicted molar refractivity (Wildman–Crippen MR) is 74.7 cm³/mol. The third-order valence-electron chi connectivity index (χ3n) is 2.34. The third-order valence-corrected chi connectivity index (χ3v) is 3.57. The lowest BCUT2D eigenvalue weighted by atomic mass is 10.2. The van der Waals surface area contributed by atoms with Crippen molar-refractivity contribution in [3.63, 3.8) is 0 Å². The fraction of sp³-hybridized carbons (Fsp3) is 0.154. The lowest BCUT2D eigenvalue weighted by Gasteiger charge is -2.05. The second kappa shape index (κ2) is 5.89. The summed E-state index contributed by atoms with van der Waals surface area (Å²) in [4.78, 5) is 12.7. The minimum Gasteiger partial charge on any atom is -0.497 e. The molecule has 5 heteroatoms. The van der Waals surface area contributed by atoms with Gasteiger partial charge in [0.15, 0.2) is 0 Å². The smallest absolute Gasteiger partial charge is 0.229 e. The summed E-state index contributed by atoms with van der Waals surface area (Å²) in [6, 6.07) is 10.9. The largest absolute Gasteiger partial charge is 0.497 e. The van der Waals surface area contributed by atoms with Crippen molar-refractivity contribution < 1.29 is 9.53 Å². The van der Waals surface area contributed by atoms with Crippen LogP contribution in [0.15, 0.2) is 36.4 Å². The summed E-state index contributed by atoms with van der Waals surface area (Å²) in [7, 11) is 1.61. The highest BCUT2D eigenvalue weighted by atomic mass is 35.5. The van der Waals surface area contributed by atoms with E-state index in [0.717, 1.165) is 16.3 Å². The number of nitrogens with one attached hydrogen (secondary N) is 1. The summed E-state index contributed by atoms with van der Waals surface area (Å²) < 4.78 is 5.74. The van der Waals surface area contributed by atoms with Gasteiger partial charge in [0.05, 0.1) is 17.9 Å². The molecular formula is C13H12ClNO2S. The van der Waals surface area contributed by atoms with E-state index in [1.54, 1.807) is 37.4 Å². The van der Waals surface area contributed by atoms with Gasteiger partial charge in [0.1, 0.15) is 5.75 Å². The van der Waals surface area contributed by atoms with Gasteiger partial charge in [-0.2, -0.15) is 0 Å². The van der Waals surface area contributed by atoms with E-state index in [9.17, 15) is 4.79 Å². The molecule has 3 nitrogen and oxygen atoms in total. The van der Waals surface area contributed by atoms with Crippen molar-refractivity contribution in [3.8, 4) is 5.75 Å². The number of hydrogen-bond donors (Lipinski definition) is 1. The normalized spacial score (nSPS) is 10.1. The molecule has 1 N–H and O–H groups in total. The zero-order valence-electron chi connectivity index (χ0n) is 9.77. The maximum atomic E-state index is 11.8. The summed E-state index contributed by atoms with van der Waals surface area (Å²) in [5, 5.41) is 2.82. The highest BCUT2D eigenvalue weighted by Gasteiger charge is 2.06. The van der Waals surface area contributed by atoms with Crippen molar-refractivity contribution in [2.45, 2.75) is 6.42 Å². The number of rotatable bonds is 4. The minimum absolute atomic E-state index is 0.0568. The van der Waals surface area contributed by atoms with E-state index >= 15 is 0 Å². The molecule has 0 atom stereocenters. The second-order valence-electron chi connectivity index (χ2n) is 3.66. The first-order valence-corrected chi connectivity index (χ1v) is 6.55. The van der Waals surface area contributed by atoms with Crippen LogP contribution >= 0.6 is 22.9 Å². The first kappa shape index (κ1) is 12.9. The van der Waals surface area contributed by atoms with E-state index < -0.39 is 0 Å². The number of halogens is 1. The van der Waals surface area contributed by atoms with Gasteiger partial charge in [-0.3, -0.25) is 4.79 Å². The molecule has 0 bridgehead atoms. The predicted octanol–water partition coefficient (Wildman–Crippen LogP) is 3.59. The number of hydrogen-bond acceptors (Lipinski definition) is 3. The first-order valence-electron chi connectivity index (χ1n) is 5.35. The Hall–Kier alpha value is -1.52. The number of benzene rings is 1. The molecule has 94 valence electrons. The molecular weight excluding hydrogens is 270 g/mol. The van der Waals surface area contributed by atoms with E-state index in [1.165, 1.54) is 11.3 Å². The Kier molecular flexibility index (Phi) is 4.23. The van der Waals surface area contributed by atoms with Gasteiger partial charge in [-0.25, -0.2) is 0 Å². The van der Waals surface area contributed by atoms with Gasteiger partial charge in [-0.15, -0.1) is 11.3 Å². The number of carbonyl (C=O) groups excluding carboxylic acids is 1. The molecule has 2 aromatic rings. The van der Waals surface area contributed by atoms with Crippen LogP contribution in [-0.2, 0) is 11.2 Å². The molecule has 1 heterocycles. The Morgan fingerprint density at radius 1 is 1.28 bits per heavy atom. The number of ether oxygens (including phenoxy) is 1. The van der Waals surface area contributed by atoms with E-state index in [4.69, 9.17) is 16.3 Å². The van der Waals surface area contributed by atoms with Crippen LogP contribution in [0.3, 0.4) is 0 Å². The van der Waals surface area contributed by atoms with Crippen molar-refractivity contribution in [2.75, 3.05) is 12.4 Å². The maximum absolute atomic E-state index is 11.8. The molecule has 1 aromatic carbocycles. The van der Waals surface area contributed by atoms with Gasteiger partial charge in [0.25, 0.3) is 0 Å². The Morgan fingerprint density at radius 2 is 2.00 bits per heavy atom. The van der Waals surface area contributed by atoms with E-state index in [-0.39, 0.29) is 5.91 Å². The van der Waals surface area contributed by atoms with Crippen molar-refractivity contribution in [1.29, 1.82) is 0 Å². The fourth-order valence-corrected chi connectivity index (χ4v) is 2.57. The molecule has 2 rings (SSSR count). The number of thiophene rings is 1. The monoisotopic (exact) mass is 281 g/mol. The Labute approximate surface area is 114 Å². The molecule has 0 aliphatic rings. The molecule has 1 aromatic heterocycles. The van der Waals surface area contributed by atoms with Gasteiger partial charge in [-0.05, 0) is 36.4 Å². The van der Waals surface area contributed by atoms with Crippen LogP contribution in [0.25, 0.3) is 0 Å². The molecule has 0 spiro atoms. The summed E-state index contributed by atoms with van der Waals surface area (Å²) >= 11 is 7.23. The number of methoxy groups -OCH3 is 1. The lowest BCUT2D eigenvalue weighted by molar-refractivity contribution is -0.115. The molecule has 0 fully saturated rings. The Bertz CT molecular complexity index is 536. The average Bonchev–Trinajstić information content (AvgIpc) is 2.75. The van der Waals surface area contributed by atoms with Crippen LogP contribution in [0.4, 0.5) is 5.69 Å². The summed E-state index contributed by atoms with van der Waals surface area (Å²) in [6.07, 6.45) is 0.337. The Balaban J connectivity index is 1.94. The zero-order valence-corrected chi connectivity index (χ0v) is 11.3. The molecule has 0 aliphatic heterocycles. The molecule has 18 heavy (non-hydrogen) atoms. The van der Waals surface area contributed by atoms with Crippen LogP contribution in [0.5, 0.6) is 5.75 Å². The van der Waals surface area contributed by atoms with Crippen LogP contribution < -0.4 is 10.1 Å². The fourth-order valence-electron chi connectivity index (χ4n) is 1.48. The zero-order chi connectivity index (χ0) is 13.0. The number of anilines is 1. The number of amides is 1. The first-order chi connectivity index (χ1) is 8.67. The average molecular weight is 282 g/mol. The van der Waals surface area contributed by atoms with Crippen LogP contribution in [0.1, 0.15) is 4.88 Å². The Morgan fingerprint density at radius 3 is 2.56 bits per heavy atom. The van der Waals surface area contributed by atoms with Gasteiger partial charge < -0.3 is 10.1 Å². The molecule has 0 aliphatic carbocycles. The van der Waals surface area contributed by atoms with Crippen molar-refractivity contribution in [2.24, 2.45) is 0 Å². The van der Waals surface area contributed by atoms with Crippen LogP contribution in [0.2, 0.25) is 4.34 Å². The van der Waals surface area contributed by atoms with Crippen molar-refractivity contribution in [3.05, 3.63) is 45.6 Å². The van der Waals surface area contributed by atoms with Crippen LogP contribution in [-0.4, -0.2) is 13.0 Å². The minimum atomic E-state index is -0.0568. The van der Waals surface area contributed by atoms with E-state index in [1.807, 2.05) is 6.07 Å². The lowest BCUT2D eigenvalue weighted by Crippen LogP contribution is -2.13. The maximum Gasteiger partial charge on any atom is 0.229 e. The van der Waals surface area contributed by atoms with Gasteiger partial charge in [-0.1, -0.05) is 11.6 Å². The SMILES string of the molecule is COc1ccc(NC(=O)Cc2ccc(Cl)s2)cc1. The molecule has 0 saturated carbocycles. The van der Waals surface area contributed by atoms with E-state index in [0.29, 0.717) is 10.8 Å². The third kappa shape index (κ3) is 3.48. The van der Waals surface area contributed by atoms with Gasteiger partial charge in [0.2, 0.25) is 5.91 Å². The summed E-state index contributed by atoms with van der Waals surface area (Å²) in [5.74, 6) is 0.705. The molecule has 1 amide bonds. The second-order valence-corrected chi connectivity index (χ2v) is 5.46.